The highest BCUT2D eigenvalue weighted by Crippen LogP contribution is 2.34. The highest BCUT2D eigenvalue weighted by molar-refractivity contribution is 5.94. The molecule has 0 bridgehead atoms. The lowest BCUT2D eigenvalue weighted by Crippen LogP contribution is -2.32. The number of hydrogen-bond donors (Lipinski definition) is 1. The van der Waals surface area contributed by atoms with Crippen LogP contribution in [0.1, 0.15) is 35.8 Å². The van der Waals surface area contributed by atoms with E-state index >= 15 is 0 Å². The molecule has 0 radical (unpaired) electrons. The zero-order chi connectivity index (χ0) is 18.0. The molecule has 1 aliphatic rings. The summed E-state index contributed by atoms with van der Waals surface area (Å²) in [6.45, 7) is 4.88. The largest absolute Gasteiger partial charge is 0.486 e. The standard InChI is InChI=1S/C19H19F2NO3/c1-11(2)18(12-3-4-16-17(9-12)25-6-5-24-16)22-19(23)13-7-14(20)10-15(21)8-13/h3-4,7-11,18H,5-6H2,1-2H3,(H,22,23). The summed E-state index contributed by atoms with van der Waals surface area (Å²) in [7, 11) is 0. The van der Waals surface area contributed by atoms with Crippen molar-refractivity contribution in [1.82, 2.24) is 5.32 Å². The molecule has 0 aliphatic carbocycles. The Morgan fingerprint density at radius 2 is 1.64 bits per heavy atom. The van der Waals surface area contributed by atoms with Crippen LogP contribution in [0, 0.1) is 17.6 Å². The summed E-state index contributed by atoms with van der Waals surface area (Å²) in [5.74, 6) is -0.760. The second kappa shape index (κ2) is 7.09. The van der Waals surface area contributed by atoms with Crippen molar-refractivity contribution in [2.24, 2.45) is 5.92 Å². The van der Waals surface area contributed by atoms with Crippen molar-refractivity contribution >= 4 is 5.91 Å². The summed E-state index contributed by atoms with van der Waals surface area (Å²) in [6.07, 6.45) is 0. The number of rotatable bonds is 4. The van der Waals surface area contributed by atoms with Gasteiger partial charge in [-0.3, -0.25) is 4.79 Å². The van der Waals surface area contributed by atoms with Crippen molar-refractivity contribution in [2.75, 3.05) is 13.2 Å². The maximum Gasteiger partial charge on any atom is 0.251 e. The van der Waals surface area contributed by atoms with E-state index in [9.17, 15) is 13.6 Å². The van der Waals surface area contributed by atoms with Crippen molar-refractivity contribution in [3.63, 3.8) is 0 Å². The van der Waals surface area contributed by atoms with Gasteiger partial charge in [0, 0.05) is 11.6 Å². The van der Waals surface area contributed by atoms with Crippen LogP contribution in [0.15, 0.2) is 36.4 Å². The van der Waals surface area contributed by atoms with Gasteiger partial charge < -0.3 is 14.8 Å². The van der Waals surface area contributed by atoms with Crippen LogP contribution in [0.4, 0.5) is 8.78 Å². The molecule has 132 valence electrons. The van der Waals surface area contributed by atoms with E-state index in [0.29, 0.717) is 24.7 Å². The fourth-order valence-corrected chi connectivity index (χ4v) is 2.80. The van der Waals surface area contributed by atoms with Gasteiger partial charge >= 0.3 is 0 Å². The van der Waals surface area contributed by atoms with Crippen LogP contribution < -0.4 is 14.8 Å². The Balaban J connectivity index is 1.85. The maximum atomic E-state index is 13.3. The lowest BCUT2D eigenvalue weighted by Gasteiger charge is -2.25. The number of benzene rings is 2. The lowest BCUT2D eigenvalue weighted by molar-refractivity contribution is 0.0924. The molecule has 2 aromatic rings. The number of nitrogens with one attached hydrogen (secondary N) is 1. The number of halogens is 2. The SMILES string of the molecule is CC(C)C(NC(=O)c1cc(F)cc(F)c1)c1ccc2c(c1)OCCO2. The molecule has 1 N–H and O–H groups in total. The minimum Gasteiger partial charge on any atom is -0.486 e. The predicted molar refractivity (Wildman–Crippen MR) is 88.8 cm³/mol. The van der Waals surface area contributed by atoms with Crippen LogP contribution in [0.3, 0.4) is 0 Å². The molecule has 0 saturated carbocycles. The highest BCUT2D eigenvalue weighted by Gasteiger charge is 2.22. The van der Waals surface area contributed by atoms with Crippen molar-refractivity contribution < 1.29 is 23.0 Å². The molecular formula is C19H19F2NO3. The third kappa shape index (κ3) is 3.90. The molecule has 0 fully saturated rings. The monoisotopic (exact) mass is 347 g/mol. The molecule has 6 heteroatoms. The number of fused-ring (bicyclic) bond motifs is 1. The summed E-state index contributed by atoms with van der Waals surface area (Å²) in [5, 5.41) is 2.84. The summed E-state index contributed by atoms with van der Waals surface area (Å²) < 4.78 is 37.8. The van der Waals surface area contributed by atoms with Gasteiger partial charge in [0.1, 0.15) is 24.8 Å². The normalized spacial score (nSPS) is 14.3. The molecular weight excluding hydrogens is 328 g/mol. The Morgan fingerprint density at radius 3 is 2.28 bits per heavy atom. The molecule has 1 unspecified atom stereocenters. The zero-order valence-electron chi connectivity index (χ0n) is 14.0. The summed E-state index contributed by atoms with van der Waals surface area (Å²) >= 11 is 0. The van der Waals surface area contributed by atoms with E-state index in [2.05, 4.69) is 5.32 Å². The van der Waals surface area contributed by atoms with Crippen LogP contribution in [0.2, 0.25) is 0 Å². The minimum atomic E-state index is -0.787. The highest BCUT2D eigenvalue weighted by atomic mass is 19.1. The number of ether oxygens (including phenoxy) is 2. The Morgan fingerprint density at radius 1 is 1.00 bits per heavy atom. The molecule has 0 aromatic heterocycles. The van der Waals surface area contributed by atoms with E-state index in [4.69, 9.17) is 9.47 Å². The van der Waals surface area contributed by atoms with Gasteiger partial charge in [-0.05, 0) is 35.7 Å². The van der Waals surface area contributed by atoms with Gasteiger partial charge in [-0.25, -0.2) is 8.78 Å². The summed E-state index contributed by atoms with van der Waals surface area (Å²) in [6, 6.07) is 7.90. The van der Waals surface area contributed by atoms with Crippen molar-refractivity contribution in [1.29, 1.82) is 0 Å². The van der Waals surface area contributed by atoms with E-state index in [1.807, 2.05) is 26.0 Å². The fraction of sp³-hybridized carbons (Fsp3) is 0.316. The van der Waals surface area contributed by atoms with Crippen molar-refractivity contribution in [2.45, 2.75) is 19.9 Å². The third-order valence-corrected chi connectivity index (χ3v) is 4.00. The van der Waals surface area contributed by atoms with E-state index in [0.717, 1.165) is 23.8 Å². The first-order valence-corrected chi connectivity index (χ1v) is 8.10. The molecule has 0 saturated heterocycles. The first-order valence-electron chi connectivity index (χ1n) is 8.10. The molecule has 1 aliphatic heterocycles. The smallest absolute Gasteiger partial charge is 0.251 e. The number of carbonyl (C=O) groups excluding carboxylic acids is 1. The van der Waals surface area contributed by atoms with E-state index in [1.54, 1.807) is 6.07 Å². The predicted octanol–water partition coefficient (Wildman–Crippen LogP) is 3.86. The second-order valence-corrected chi connectivity index (χ2v) is 6.26. The van der Waals surface area contributed by atoms with Crippen LogP contribution in [-0.4, -0.2) is 19.1 Å². The molecule has 2 aromatic carbocycles. The van der Waals surface area contributed by atoms with Gasteiger partial charge in [0.15, 0.2) is 11.5 Å². The molecule has 1 atom stereocenters. The average Bonchev–Trinajstić information content (AvgIpc) is 2.58. The first kappa shape index (κ1) is 17.2. The third-order valence-electron chi connectivity index (χ3n) is 4.00. The fourth-order valence-electron chi connectivity index (χ4n) is 2.80. The number of hydrogen-bond acceptors (Lipinski definition) is 3. The lowest BCUT2D eigenvalue weighted by atomic mass is 9.95. The summed E-state index contributed by atoms with van der Waals surface area (Å²) in [5.41, 5.74) is 0.783. The molecule has 25 heavy (non-hydrogen) atoms. The zero-order valence-corrected chi connectivity index (χ0v) is 14.0. The molecule has 1 amide bonds. The van der Waals surface area contributed by atoms with E-state index < -0.39 is 17.5 Å². The molecule has 4 nitrogen and oxygen atoms in total. The van der Waals surface area contributed by atoms with Gasteiger partial charge in [-0.15, -0.1) is 0 Å². The number of carbonyl (C=O) groups is 1. The minimum absolute atomic E-state index is 0.0549. The molecule has 0 spiro atoms. The van der Waals surface area contributed by atoms with Crippen molar-refractivity contribution in [3.8, 4) is 11.5 Å². The van der Waals surface area contributed by atoms with Crippen LogP contribution in [-0.2, 0) is 0 Å². The Hall–Kier alpha value is -2.63. The van der Waals surface area contributed by atoms with Gasteiger partial charge in [0.2, 0.25) is 0 Å². The second-order valence-electron chi connectivity index (χ2n) is 6.26. The van der Waals surface area contributed by atoms with Crippen LogP contribution >= 0.6 is 0 Å². The van der Waals surface area contributed by atoms with E-state index in [-0.39, 0.29) is 17.5 Å². The van der Waals surface area contributed by atoms with Crippen molar-refractivity contribution in [3.05, 3.63) is 59.2 Å². The molecule has 3 rings (SSSR count). The first-order chi connectivity index (χ1) is 11.9. The Labute approximate surface area is 144 Å². The van der Waals surface area contributed by atoms with Gasteiger partial charge in [0.25, 0.3) is 5.91 Å². The van der Waals surface area contributed by atoms with Crippen LogP contribution in [0.5, 0.6) is 11.5 Å². The topological polar surface area (TPSA) is 47.6 Å². The molecule has 1 heterocycles. The van der Waals surface area contributed by atoms with Gasteiger partial charge in [-0.2, -0.15) is 0 Å². The maximum absolute atomic E-state index is 13.3. The Bertz CT molecular complexity index is 772. The van der Waals surface area contributed by atoms with E-state index in [1.165, 1.54) is 0 Å². The summed E-state index contributed by atoms with van der Waals surface area (Å²) in [4.78, 5) is 12.4. The van der Waals surface area contributed by atoms with Gasteiger partial charge in [0.05, 0.1) is 6.04 Å². The number of amides is 1. The van der Waals surface area contributed by atoms with Gasteiger partial charge in [-0.1, -0.05) is 19.9 Å². The quantitative estimate of drug-likeness (QED) is 0.913. The van der Waals surface area contributed by atoms with Crippen LogP contribution in [0.25, 0.3) is 0 Å². The average molecular weight is 347 g/mol. The Kier molecular flexibility index (Phi) is 4.88.